The lowest BCUT2D eigenvalue weighted by molar-refractivity contribution is -0.199. The maximum absolute atomic E-state index is 14.5. The highest BCUT2D eigenvalue weighted by Gasteiger charge is 2.68. The van der Waals surface area contributed by atoms with Crippen LogP contribution in [0, 0.1) is 23.2 Å². The molecule has 1 unspecified atom stereocenters. The molecule has 1 aromatic heterocycles. The smallest absolute Gasteiger partial charge is 0.404 e. The van der Waals surface area contributed by atoms with E-state index in [-0.39, 0.29) is 53.9 Å². The van der Waals surface area contributed by atoms with Crippen LogP contribution in [0.25, 0.3) is 10.9 Å². The minimum absolute atomic E-state index is 0.0231. The van der Waals surface area contributed by atoms with E-state index in [1.54, 1.807) is 0 Å². The van der Waals surface area contributed by atoms with Crippen molar-refractivity contribution >= 4 is 35.5 Å². The van der Waals surface area contributed by atoms with Crippen LogP contribution in [0.3, 0.4) is 0 Å². The molecule has 2 aromatic carbocycles. The summed E-state index contributed by atoms with van der Waals surface area (Å²) in [5, 5.41) is 11.7. The van der Waals surface area contributed by atoms with E-state index >= 15 is 0 Å². The van der Waals surface area contributed by atoms with Crippen molar-refractivity contribution in [3.8, 4) is 0 Å². The van der Waals surface area contributed by atoms with Gasteiger partial charge in [-0.25, -0.2) is 0 Å². The Hall–Kier alpha value is -3.63. The molecule has 1 saturated heterocycles. The summed E-state index contributed by atoms with van der Waals surface area (Å²) in [6.45, 7) is 15.6. The second-order valence-electron chi connectivity index (χ2n) is 16.4. The predicted molar refractivity (Wildman–Crippen MR) is 192 cm³/mol. The summed E-state index contributed by atoms with van der Waals surface area (Å²) in [5.74, 6) is 0.586. The van der Waals surface area contributed by atoms with Crippen LogP contribution in [0.4, 0.5) is 0 Å². The molecule has 3 aromatic rings. The molecule has 49 heavy (non-hydrogen) atoms. The van der Waals surface area contributed by atoms with Gasteiger partial charge in [0.1, 0.15) is 0 Å². The molecule has 2 amide bonds. The van der Waals surface area contributed by atoms with Gasteiger partial charge >= 0.3 is 7.12 Å². The molecule has 0 radical (unpaired) electrons. The number of rotatable bonds is 11. The minimum Gasteiger partial charge on any atom is -0.404 e. The van der Waals surface area contributed by atoms with Crippen LogP contribution in [0.2, 0.25) is 0 Å². The van der Waals surface area contributed by atoms with Gasteiger partial charge in [0.2, 0.25) is 5.60 Å². The summed E-state index contributed by atoms with van der Waals surface area (Å²) in [4.78, 5) is 34.1. The summed E-state index contributed by atoms with van der Waals surface area (Å²) in [6, 6.07) is 18.0. The third-order valence-corrected chi connectivity index (χ3v) is 11.9. The molecular weight excluding hydrogens is 615 g/mol. The van der Waals surface area contributed by atoms with E-state index in [0.29, 0.717) is 41.9 Å². The maximum atomic E-state index is 14.5. The second kappa shape index (κ2) is 12.6. The SMILES string of the molecule is CC(C)C[C@H](NC(=O)C1(Cc2ccccc2)CC(CNC(=O)c2cn(C(C)C)c3ccccc23)=NO1)B1O[C@@H]2C[C@@H]3C[C@@H](C3(C)C)[C@]2(C)O1. The molecule has 3 saturated carbocycles. The first-order valence-corrected chi connectivity index (χ1v) is 18.1. The van der Waals surface area contributed by atoms with Crippen LogP contribution in [-0.2, 0) is 25.4 Å². The average Bonchev–Trinajstić information content (AvgIpc) is 3.77. The molecular formula is C39H51BN4O5. The number of benzene rings is 2. The maximum Gasteiger partial charge on any atom is 0.481 e. The van der Waals surface area contributed by atoms with E-state index in [0.717, 1.165) is 22.9 Å². The first-order valence-electron chi connectivity index (χ1n) is 18.1. The minimum atomic E-state index is -1.27. The van der Waals surface area contributed by atoms with Crippen molar-refractivity contribution < 1.29 is 23.7 Å². The Labute approximate surface area is 290 Å². The number of para-hydroxylation sites is 1. The van der Waals surface area contributed by atoms with Crippen molar-refractivity contribution in [3.05, 3.63) is 71.9 Å². The number of carbonyl (C=O) groups is 2. The zero-order chi connectivity index (χ0) is 34.7. The van der Waals surface area contributed by atoms with Crippen molar-refractivity contribution in [1.29, 1.82) is 0 Å². The van der Waals surface area contributed by atoms with E-state index in [2.05, 4.69) is 68.8 Å². The van der Waals surface area contributed by atoms with Crippen LogP contribution in [0.15, 0.2) is 65.9 Å². The Morgan fingerprint density at radius 1 is 1.02 bits per heavy atom. The first kappa shape index (κ1) is 33.9. The van der Waals surface area contributed by atoms with Crippen molar-refractivity contribution in [2.75, 3.05) is 6.54 Å². The number of hydrogen-bond acceptors (Lipinski definition) is 6. The molecule has 8 rings (SSSR count). The van der Waals surface area contributed by atoms with E-state index in [9.17, 15) is 9.59 Å². The summed E-state index contributed by atoms with van der Waals surface area (Å²) < 4.78 is 15.6. The van der Waals surface area contributed by atoms with Gasteiger partial charge in [-0.05, 0) is 74.8 Å². The average molecular weight is 667 g/mol. The van der Waals surface area contributed by atoms with Gasteiger partial charge in [0.05, 0.1) is 35.5 Å². The van der Waals surface area contributed by atoms with Gasteiger partial charge < -0.3 is 29.3 Å². The van der Waals surface area contributed by atoms with Gasteiger partial charge in [-0.15, -0.1) is 0 Å². The fourth-order valence-electron chi connectivity index (χ4n) is 9.07. The number of oxime groups is 1. The molecule has 2 bridgehead atoms. The number of carbonyl (C=O) groups excluding carboxylic acids is 2. The molecule has 4 fully saturated rings. The van der Waals surface area contributed by atoms with Gasteiger partial charge in [-0.3, -0.25) is 9.59 Å². The lowest BCUT2D eigenvalue weighted by Crippen LogP contribution is -2.65. The zero-order valence-electron chi connectivity index (χ0n) is 30.0. The van der Waals surface area contributed by atoms with Crippen molar-refractivity contribution in [1.82, 2.24) is 15.2 Å². The largest absolute Gasteiger partial charge is 0.481 e. The fraction of sp³-hybridized carbons (Fsp3) is 0.564. The summed E-state index contributed by atoms with van der Waals surface area (Å²) >= 11 is 0. The van der Waals surface area contributed by atoms with Gasteiger partial charge in [0.15, 0.2) is 0 Å². The predicted octanol–water partition coefficient (Wildman–Crippen LogP) is 6.51. The zero-order valence-corrected chi connectivity index (χ0v) is 30.0. The highest BCUT2D eigenvalue weighted by Crippen LogP contribution is 2.65. The molecule has 10 heteroatoms. The van der Waals surface area contributed by atoms with Crippen LogP contribution in [-0.4, -0.2) is 59.0 Å². The molecule has 5 aliphatic rings. The molecule has 2 N–H and O–H groups in total. The molecule has 3 aliphatic carbocycles. The van der Waals surface area contributed by atoms with Crippen LogP contribution in [0.1, 0.15) is 96.1 Å². The molecule has 6 atom stereocenters. The van der Waals surface area contributed by atoms with Crippen molar-refractivity contribution in [2.45, 2.75) is 110 Å². The van der Waals surface area contributed by atoms with Crippen molar-refractivity contribution in [2.24, 2.45) is 28.3 Å². The number of aromatic nitrogens is 1. The van der Waals surface area contributed by atoms with Gasteiger partial charge in [-0.2, -0.15) is 0 Å². The molecule has 9 nitrogen and oxygen atoms in total. The van der Waals surface area contributed by atoms with Crippen LogP contribution < -0.4 is 10.6 Å². The lowest BCUT2D eigenvalue weighted by Gasteiger charge is -2.64. The Morgan fingerprint density at radius 3 is 2.47 bits per heavy atom. The number of nitrogens with zero attached hydrogens (tertiary/aromatic N) is 2. The fourth-order valence-corrected chi connectivity index (χ4v) is 9.07. The van der Waals surface area contributed by atoms with Gasteiger partial charge in [0, 0.05) is 36.0 Å². The van der Waals surface area contributed by atoms with E-state index < -0.39 is 12.7 Å². The standard InChI is InChI=1S/C39H51BN4O5/c1-24(2)17-34(40-47-33-19-27-18-32(37(27,5)6)38(33,7)48-40)42-36(46)39(20-26-13-9-8-10-14-26)21-28(43-49-39)22-41-35(45)30-23-44(25(3)4)31-16-12-11-15-29(30)31/h8-16,23-25,27,32-34H,17-22H2,1-7H3,(H,41,45)(H,42,46)/t27-,32-,33+,34-,38-,39?/m0/s1. The summed E-state index contributed by atoms with van der Waals surface area (Å²) in [7, 11) is -0.542. The molecule has 0 spiro atoms. The quantitative estimate of drug-likeness (QED) is 0.227. The summed E-state index contributed by atoms with van der Waals surface area (Å²) in [5.41, 5.74) is 1.79. The number of amides is 2. The van der Waals surface area contributed by atoms with Gasteiger partial charge in [-0.1, -0.05) is 81.4 Å². The Bertz CT molecular complexity index is 1750. The second-order valence-corrected chi connectivity index (χ2v) is 16.4. The molecule has 2 aliphatic heterocycles. The van der Waals surface area contributed by atoms with Crippen LogP contribution >= 0.6 is 0 Å². The first-order chi connectivity index (χ1) is 23.3. The van der Waals surface area contributed by atoms with E-state index in [4.69, 9.17) is 14.1 Å². The highest BCUT2D eigenvalue weighted by atomic mass is 16.7. The third kappa shape index (κ3) is 5.99. The Morgan fingerprint density at radius 2 is 1.76 bits per heavy atom. The number of nitrogens with one attached hydrogen (secondary N) is 2. The monoisotopic (exact) mass is 666 g/mol. The number of hydrogen-bond donors (Lipinski definition) is 2. The lowest BCUT2D eigenvalue weighted by atomic mass is 9.43. The topological polar surface area (TPSA) is 103 Å². The summed E-state index contributed by atoms with van der Waals surface area (Å²) in [6.07, 6.45) is 5.37. The van der Waals surface area contributed by atoms with E-state index in [1.165, 1.54) is 6.42 Å². The van der Waals surface area contributed by atoms with E-state index in [1.807, 2.05) is 60.8 Å². The highest BCUT2D eigenvalue weighted by molar-refractivity contribution is 6.48. The van der Waals surface area contributed by atoms with Crippen LogP contribution in [0.5, 0.6) is 0 Å². The molecule has 260 valence electrons. The normalized spacial score (nSPS) is 29.0. The number of fused-ring (bicyclic) bond motifs is 1. The van der Waals surface area contributed by atoms with Crippen molar-refractivity contribution in [3.63, 3.8) is 0 Å². The van der Waals surface area contributed by atoms with Gasteiger partial charge in [0.25, 0.3) is 11.8 Å². The third-order valence-electron chi connectivity index (χ3n) is 11.9. The Kier molecular flexibility index (Phi) is 8.71. The Balaban J connectivity index is 1.08. The molecule has 3 heterocycles.